The number of alkyl halides is 3. The number of hydrogen-bond acceptors (Lipinski definition) is 10. The summed E-state index contributed by atoms with van der Waals surface area (Å²) in [4.78, 5) is 25.1. The summed E-state index contributed by atoms with van der Waals surface area (Å²) in [6.07, 6.45) is -0.238. The largest absolute Gasteiger partial charge is 0.495 e. The Kier molecular flexibility index (Phi) is 10.4. The molecule has 3 heterocycles. The maximum absolute atomic E-state index is 14.0. The zero-order valence-electron chi connectivity index (χ0n) is 23.9. The Bertz CT molecular complexity index is 1650. The van der Waals surface area contributed by atoms with Crippen LogP contribution in [0.3, 0.4) is 0 Å². The number of halogens is 3. The van der Waals surface area contributed by atoms with Crippen molar-refractivity contribution in [2.24, 2.45) is 0 Å². The van der Waals surface area contributed by atoms with E-state index in [1.54, 1.807) is 36.1 Å². The average molecular weight is 633 g/mol. The predicted octanol–water partition coefficient (Wildman–Crippen LogP) is 4.45. The molecule has 4 rings (SSSR count). The standard InChI is InChI=1S/C27H29F3N9O4P/c1-31-25(41)23-21(8-7-19(35-23)17-12-34-39(14-17)9-4-10-40)36-24-18(27(28,29)30)13-33-26(38-24)37-20-6-5-16(11-22(20)43-3)15-44(42)32-2/h5-8,11-14,40H,4,9-10,15H2,1-3H3,(H3-,31,32,33,36,37,38,41,42)/p+1. The zero-order valence-corrected chi connectivity index (χ0v) is 24.8. The number of amides is 1. The maximum atomic E-state index is 14.0. The normalized spacial score (nSPS) is 11.7. The van der Waals surface area contributed by atoms with Gasteiger partial charge in [-0.1, -0.05) is 10.6 Å². The Labute approximate surface area is 251 Å². The number of carbonyl (C=O) groups excluding carboxylic acids is 1. The second kappa shape index (κ2) is 14.2. The third kappa shape index (κ3) is 7.83. The van der Waals surface area contributed by atoms with E-state index >= 15 is 0 Å². The van der Waals surface area contributed by atoms with E-state index in [1.165, 1.54) is 32.5 Å². The van der Waals surface area contributed by atoms with E-state index in [4.69, 9.17) is 9.84 Å². The molecular formula is C27H30F3N9O4P+. The SMILES string of the molecule is CNC(=O)c1nc(-c2cnn(CCCO)c2)ccc1Nc1nc(Nc2ccc(C[P+](=O)NC)cc2OC)ncc1C(F)(F)F. The summed E-state index contributed by atoms with van der Waals surface area (Å²) < 4.78 is 60.9. The summed E-state index contributed by atoms with van der Waals surface area (Å²) in [6.45, 7) is 0.464. The predicted molar refractivity (Wildman–Crippen MR) is 158 cm³/mol. The first kappa shape index (κ1) is 32.3. The summed E-state index contributed by atoms with van der Waals surface area (Å²) in [5.41, 5.74) is 0.635. The molecule has 0 aliphatic rings. The molecule has 3 aromatic heterocycles. The molecule has 0 aliphatic carbocycles. The first-order chi connectivity index (χ1) is 21.1. The molecule has 0 spiro atoms. The summed E-state index contributed by atoms with van der Waals surface area (Å²) in [6, 6.07) is 7.90. The van der Waals surface area contributed by atoms with Crippen molar-refractivity contribution >= 4 is 37.0 Å². The molecule has 4 aromatic rings. The highest BCUT2D eigenvalue weighted by atomic mass is 31.1. The van der Waals surface area contributed by atoms with Gasteiger partial charge in [-0.05, 0) is 30.7 Å². The van der Waals surface area contributed by atoms with E-state index in [0.29, 0.717) is 47.4 Å². The van der Waals surface area contributed by atoms with Crippen molar-refractivity contribution in [1.29, 1.82) is 0 Å². The van der Waals surface area contributed by atoms with Crippen molar-refractivity contribution in [3.63, 3.8) is 0 Å². The number of nitrogens with zero attached hydrogens (tertiary/aromatic N) is 5. The number of pyridine rings is 1. The van der Waals surface area contributed by atoms with Gasteiger partial charge in [0, 0.05) is 50.8 Å². The minimum Gasteiger partial charge on any atom is -0.495 e. The van der Waals surface area contributed by atoms with Crippen molar-refractivity contribution in [2.75, 3.05) is 38.4 Å². The molecule has 13 nitrogen and oxygen atoms in total. The molecule has 0 radical (unpaired) electrons. The fourth-order valence-electron chi connectivity index (χ4n) is 4.04. The van der Waals surface area contributed by atoms with Crippen LogP contribution in [0.2, 0.25) is 0 Å². The molecule has 0 aliphatic heterocycles. The van der Waals surface area contributed by atoms with Crippen LogP contribution in [-0.2, 0) is 23.4 Å². The number of hydrogen-bond donors (Lipinski definition) is 5. The van der Waals surface area contributed by atoms with Crippen LogP contribution in [0, 0.1) is 0 Å². The minimum atomic E-state index is -4.83. The number of aryl methyl sites for hydroxylation is 1. The molecule has 1 amide bonds. The van der Waals surface area contributed by atoms with E-state index in [0.717, 1.165) is 0 Å². The van der Waals surface area contributed by atoms with Gasteiger partial charge in [0.25, 0.3) is 5.91 Å². The third-order valence-electron chi connectivity index (χ3n) is 6.25. The number of aliphatic hydroxyl groups is 1. The first-order valence-corrected chi connectivity index (χ1v) is 14.6. The molecule has 1 unspecified atom stereocenters. The van der Waals surface area contributed by atoms with Gasteiger partial charge < -0.3 is 25.8 Å². The maximum Gasteiger partial charge on any atom is 0.436 e. The van der Waals surface area contributed by atoms with E-state index < -0.39 is 31.4 Å². The molecule has 0 saturated heterocycles. The van der Waals surface area contributed by atoms with Gasteiger partial charge in [0.05, 0.1) is 30.4 Å². The van der Waals surface area contributed by atoms with Gasteiger partial charge in [0.1, 0.15) is 17.1 Å². The fraction of sp³-hybridized carbons (Fsp3) is 0.296. The summed E-state index contributed by atoms with van der Waals surface area (Å²) in [7, 11) is 2.71. The smallest absolute Gasteiger partial charge is 0.436 e. The van der Waals surface area contributed by atoms with Crippen molar-refractivity contribution in [2.45, 2.75) is 25.3 Å². The van der Waals surface area contributed by atoms with Crippen molar-refractivity contribution in [3.05, 3.63) is 65.7 Å². The number of aromatic nitrogens is 5. The second-order valence-corrected chi connectivity index (χ2v) is 10.8. The van der Waals surface area contributed by atoms with Crippen molar-refractivity contribution < 1.29 is 32.4 Å². The lowest BCUT2D eigenvalue weighted by molar-refractivity contribution is -0.137. The van der Waals surface area contributed by atoms with E-state index in [9.17, 15) is 22.5 Å². The number of methoxy groups -OCH3 is 1. The molecule has 0 fully saturated rings. The van der Waals surface area contributed by atoms with Crippen LogP contribution in [0.5, 0.6) is 5.75 Å². The van der Waals surface area contributed by atoms with Gasteiger partial charge in [-0.3, -0.25) is 9.48 Å². The van der Waals surface area contributed by atoms with Gasteiger partial charge in [0.2, 0.25) is 5.95 Å². The van der Waals surface area contributed by atoms with Crippen molar-refractivity contribution in [3.8, 4) is 17.0 Å². The van der Waals surface area contributed by atoms with E-state index in [1.807, 2.05) is 0 Å². The number of nitrogens with one attached hydrogen (secondary N) is 4. The fourth-order valence-corrected chi connectivity index (χ4v) is 4.72. The minimum absolute atomic E-state index is 0.00484. The van der Waals surface area contributed by atoms with Crippen LogP contribution in [0.1, 0.15) is 28.0 Å². The summed E-state index contributed by atoms with van der Waals surface area (Å²) in [5, 5.41) is 23.8. The topological polar surface area (TPSA) is 168 Å². The zero-order chi connectivity index (χ0) is 31.9. The Hall–Kier alpha value is -4.66. The molecule has 232 valence electrons. The number of carbonyl (C=O) groups is 1. The molecule has 0 bridgehead atoms. The summed E-state index contributed by atoms with van der Waals surface area (Å²) >= 11 is 0. The monoisotopic (exact) mass is 632 g/mol. The highest BCUT2D eigenvalue weighted by Gasteiger charge is 2.36. The van der Waals surface area contributed by atoms with E-state index in [2.05, 4.69) is 41.1 Å². The number of anilines is 4. The Morgan fingerprint density at radius 1 is 1.09 bits per heavy atom. The first-order valence-electron chi connectivity index (χ1n) is 13.2. The van der Waals surface area contributed by atoms with Crippen LogP contribution in [-0.4, -0.2) is 63.6 Å². The number of aliphatic hydroxyl groups excluding tert-OH is 1. The van der Waals surface area contributed by atoms with E-state index in [-0.39, 0.29) is 30.1 Å². The lowest BCUT2D eigenvalue weighted by atomic mass is 10.1. The molecular weight excluding hydrogens is 602 g/mol. The van der Waals surface area contributed by atoms with Gasteiger partial charge in [-0.2, -0.15) is 23.3 Å². The van der Waals surface area contributed by atoms with Gasteiger partial charge in [-0.15, -0.1) is 5.09 Å². The average Bonchev–Trinajstić information content (AvgIpc) is 3.49. The molecule has 0 saturated carbocycles. The van der Waals surface area contributed by atoms with Crippen LogP contribution in [0.4, 0.5) is 36.3 Å². The van der Waals surface area contributed by atoms with Gasteiger partial charge in [0.15, 0.2) is 11.9 Å². The highest BCUT2D eigenvalue weighted by Crippen LogP contribution is 2.37. The number of ether oxygens (including phenoxy) is 1. The van der Waals surface area contributed by atoms with Gasteiger partial charge in [-0.25, -0.2) is 9.97 Å². The molecule has 17 heteroatoms. The lowest BCUT2D eigenvalue weighted by Crippen LogP contribution is -2.21. The molecule has 1 aromatic carbocycles. The molecule has 1 atom stereocenters. The second-order valence-electron chi connectivity index (χ2n) is 9.24. The quantitative estimate of drug-likeness (QED) is 0.132. The lowest BCUT2D eigenvalue weighted by Gasteiger charge is -2.17. The van der Waals surface area contributed by atoms with Crippen LogP contribution >= 0.6 is 7.95 Å². The van der Waals surface area contributed by atoms with Crippen molar-refractivity contribution in [1.82, 2.24) is 35.1 Å². The Morgan fingerprint density at radius 3 is 2.55 bits per heavy atom. The van der Waals surface area contributed by atoms with Crippen LogP contribution < -0.4 is 25.8 Å². The molecule has 5 N–H and O–H groups in total. The number of benzene rings is 1. The Balaban J connectivity index is 1.68. The third-order valence-corrected chi connectivity index (χ3v) is 7.40. The number of rotatable bonds is 13. The molecule has 44 heavy (non-hydrogen) atoms. The Morgan fingerprint density at radius 2 is 1.86 bits per heavy atom. The van der Waals surface area contributed by atoms with Crippen LogP contribution in [0.25, 0.3) is 11.3 Å². The van der Waals surface area contributed by atoms with Gasteiger partial charge >= 0.3 is 14.1 Å². The van der Waals surface area contributed by atoms with Crippen LogP contribution in [0.15, 0.2) is 48.9 Å². The highest BCUT2D eigenvalue weighted by molar-refractivity contribution is 7.41. The summed E-state index contributed by atoms with van der Waals surface area (Å²) in [5.74, 6) is -1.11.